The van der Waals surface area contributed by atoms with Gasteiger partial charge in [-0.15, -0.1) is 0 Å². The Labute approximate surface area is 157 Å². The number of halogens is 2. The standard InChI is InChI=1S/C21H22F2N2O2/c22-14-3-6-16(7-4-14)25-19-8-5-15(23)12-17(19)18-13-24(11-9-20(18)25)10-1-2-21(26)27/h3-8,12,18,20H,1-2,9-11,13H2,(H,26,27). The molecule has 1 saturated heterocycles. The number of hydrogen-bond acceptors (Lipinski definition) is 3. The minimum Gasteiger partial charge on any atom is -0.481 e. The van der Waals surface area contributed by atoms with Gasteiger partial charge in [0.1, 0.15) is 11.6 Å². The third-order valence-corrected chi connectivity index (χ3v) is 5.61. The molecule has 1 fully saturated rings. The topological polar surface area (TPSA) is 43.8 Å². The highest BCUT2D eigenvalue weighted by atomic mass is 19.1. The van der Waals surface area contributed by atoms with Crippen LogP contribution in [0.15, 0.2) is 42.5 Å². The van der Waals surface area contributed by atoms with Crippen molar-refractivity contribution in [2.45, 2.75) is 31.2 Å². The Morgan fingerprint density at radius 2 is 1.85 bits per heavy atom. The second-order valence-corrected chi connectivity index (χ2v) is 7.31. The van der Waals surface area contributed by atoms with Crippen LogP contribution in [0.1, 0.15) is 30.7 Å². The number of rotatable bonds is 5. The molecular formula is C21H22F2N2O2. The van der Waals surface area contributed by atoms with Gasteiger partial charge in [0.25, 0.3) is 0 Å². The van der Waals surface area contributed by atoms with Gasteiger partial charge >= 0.3 is 5.97 Å². The van der Waals surface area contributed by atoms with E-state index in [1.807, 2.05) is 0 Å². The summed E-state index contributed by atoms with van der Waals surface area (Å²) in [5.41, 5.74) is 2.87. The molecule has 2 aromatic carbocycles. The lowest BCUT2D eigenvalue weighted by Crippen LogP contribution is -2.45. The SMILES string of the molecule is O=C(O)CCCN1CCC2C(C1)c1cc(F)ccc1N2c1ccc(F)cc1. The Bertz CT molecular complexity index is 841. The normalized spacial score (nSPS) is 21.8. The zero-order valence-corrected chi connectivity index (χ0v) is 14.9. The van der Waals surface area contributed by atoms with E-state index in [4.69, 9.17) is 5.11 Å². The summed E-state index contributed by atoms with van der Waals surface area (Å²) in [5.74, 6) is -1.15. The Balaban J connectivity index is 1.60. The summed E-state index contributed by atoms with van der Waals surface area (Å²) in [6.45, 7) is 2.38. The molecule has 2 aliphatic rings. The third kappa shape index (κ3) is 3.54. The number of nitrogens with zero attached hydrogens (tertiary/aromatic N) is 2. The molecule has 0 spiro atoms. The van der Waals surface area contributed by atoms with Gasteiger partial charge < -0.3 is 14.9 Å². The Morgan fingerprint density at radius 1 is 1.11 bits per heavy atom. The molecule has 2 atom stereocenters. The van der Waals surface area contributed by atoms with Gasteiger partial charge in [0.2, 0.25) is 0 Å². The molecule has 1 N–H and O–H groups in total. The van der Waals surface area contributed by atoms with E-state index < -0.39 is 5.97 Å². The molecule has 4 rings (SSSR count). The lowest BCUT2D eigenvalue weighted by Gasteiger charge is -2.39. The lowest BCUT2D eigenvalue weighted by atomic mass is 9.89. The van der Waals surface area contributed by atoms with Crippen molar-refractivity contribution in [3.8, 4) is 0 Å². The number of likely N-dealkylation sites (tertiary alicyclic amines) is 1. The van der Waals surface area contributed by atoms with Crippen LogP contribution in [-0.2, 0) is 4.79 Å². The van der Waals surface area contributed by atoms with Gasteiger partial charge in [0, 0.05) is 42.8 Å². The van der Waals surface area contributed by atoms with Gasteiger partial charge in [-0.05, 0) is 67.4 Å². The zero-order valence-electron chi connectivity index (χ0n) is 14.9. The highest BCUT2D eigenvalue weighted by Gasteiger charge is 2.42. The highest BCUT2D eigenvalue weighted by molar-refractivity contribution is 5.73. The van der Waals surface area contributed by atoms with Crippen LogP contribution in [-0.4, -0.2) is 41.7 Å². The molecule has 2 heterocycles. The highest BCUT2D eigenvalue weighted by Crippen LogP contribution is 2.48. The summed E-state index contributed by atoms with van der Waals surface area (Å²) >= 11 is 0. The van der Waals surface area contributed by atoms with Crippen molar-refractivity contribution in [3.05, 3.63) is 59.7 Å². The van der Waals surface area contributed by atoms with Crippen molar-refractivity contribution in [3.63, 3.8) is 0 Å². The molecule has 2 aromatic rings. The Kier molecular flexibility index (Phi) is 4.83. The average molecular weight is 372 g/mol. The quantitative estimate of drug-likeness (QED) is 0.857. The number of carbonyl (C=O) groups is 1. The van der Waals surface area contributed by atoms with Crippen molar-refractivity contribution in [1.82, 2.24) is 4.90 Å². The monoisotopic (exact) mass is 372 g/mol. The van der Waals surface area contributed by atoms with E-state index in [-0.39, 0.29) is 30.0 Å². The summed E-state index contributed by atoms with van der Waals surface area (Å²) in [5, 5.41) is 8.84. The van der Waals surface area contributed by atoms with Gasteiger partial charge in [-0.25, -0.2) is 8.78 Å². The zero-order chi connectivity index (χ0) is 19.0. The van der Waals surface area contributed by atoms with E-state index in [9.17, 15) is 13.6 Å². The summed E-state index contributed by atoms with van der Waals surface area (Å²) < 4.78 is 27.3. The van der Waals surface area contributed by atoms with Gasteiger partial charge in [-0.3, -0.25) is 4.79 Å². The first kappa shape index (κ1) is 17.9. The van der Waals surface area contributed by atoms with Gasteiger partial charge in [0.05, 0.1) is 0 Å². The summed E-state index contributed by atoms with van der Waals surface area (Å²) in [4.78, 5) is 15.2. The molecule has 4 nitrogen and oxygen atoms in total. The van der Waals surface area contributed by atoms with Crippen LogP contribution < -0.4 is 4.90 Å². The van der Waals surface area contributed by atoms with E-state index in [0.717, 1.165) is 43.0 Å². The number of anilines is 2. The fraction of sp³-hybridized carbons (Fsp3) is 0.381. The van der Waals surface area contributed by atoms with Crippen LogP contribution in [0.5, 0.6) is 0 Å². The molecule has 27 heavy (non-hydrogen) atoms. The fourth-order valence-corrected chi connectivity index (χ4v) is 4.43. The second kappa shape index (κ2) is 7.27. The van der Waals surface area contributed by atoms with E-state index in [1.165, 1.54) is 18.2 Å². The maximum absolute atomic E-state index is 13.9. The Hall–Kier alpha value is -2.47. The molecule has 0 aliphatic carbocycles. The minimum absolute atomic E-state index is 0.152. The molecule has 0 amide bonds. The number of piperidine rings is 1. The molecule has 0 bridgehead atoms. The largest absolute Gasteiger partial charge is 0.481 e. The van der Waals surface area contributed by atoms with Crippen molar-refractivity contribution in [2.24, 2.45) is 0 Å². The number of aliphatic carboxylic acids is 1. The lowest BCUT2D eigenvalue weighted by molar-refractivity contribution is -0.137. The second-order valence-electron chi connectivity index (χ2n) is 7.31. The average Bonchev–Trinajstić information content (AvgIpc) is 2.95. The fourth-order valence-electron chi connectivity index (χ4n) is 4.43. The first-order valence-electron chi connectivity index (χ1n) is 9.31. The van der Waals surface area contributed by atoms with Crippen LogP contribution in [0.25, 0.3) is 0 Å². The first-order valence-corrected chi connectivity index (χ1v) is 9.31. The number of fused-ring (bicyclic) bond motifs is 3. The molecule has 2 aliphatic heterocycles. The molecule has 0 aromatic heterocycles. The molecule has 0 saturated carbocycles. The smallest absolute Gasteiger partial charge is 0.303 e. The van der Waals surface area contributed by atoms with Crippen molar-refractivity contribution < 1.29 is 18.7 Å². The van der Waals surface area contributed by atoms with Crippen molar-refractivity contribution in [2.75, 3.05) is 24.5 Å². The predicted molar refractivity (Wildman–Crippen MR) is 99.4 cm³/mol. The Morgan fingerprint density at radius 3 is 2.59 bits per heavy atom. The molecule has 6 heteroatoms. The number of hydrogen-bond donors (Lipinski definition) is 1. The molecular weight excluding hydrogens is 350 g/mol. The summed E-state index contributed by atoms with van der Waals surface area (Å²) in [6.07, 6.45) is 1.67. The van der Waals surface area contributed by atoms with Crippen molar-refractivity contribution >= 4 is 17.3 Å². The molecule has 142 valence electrons. The number of carboxylic acid groups (broad SMARTS) is 1. The predicted octanol–water partition coefficient (Wildman–Crippen LogP) is 4.14. The molecule has 2 unspecified atom stereocenters. The summed E-state index contributed by atoms with van der Waals surface area (Å²) in [7, 11) is 0. The van der Waals surface area contributed by atoms with Crippen LogP contribution in [0, 0.1) is 11.6 Å². The van der Waals surface area contributed by atoms with Crippen LogP contribution >= 0.6 is 0 Å². The van der Waals surface area contributed by atoms with E-state index in [1.54, 1.807) is 24.3 Å². The van der Waals surface area contributed by atoms with Crippen LogP contribution in [0.2, 0.25) is 0 Å². The van der Waals surface area contributed by atoms with Gasteiger partial charge in [-0.2, -0.15) is 0 Å². The van der Waals surface area contributed by atoms with Crippen LogP contribution in [0.4, 0.5) is 20.2 Å². The summed E-state index contributed by atoms with van der Waals surface area (Å²) in [6, 6.07) is 11.5. The number of benzene rings is 2. The van der Waals surface area contributed by atoms with Gasteiger partial charge in [0.15, 0.2) is 0 Å². The van der Waals surface area contributed by atoms with Gasteiger partial charge in [-0.1, -0.05) is 0 Å². The third-order valence-electron chi connectivity index (χ3n) is 5.61. The first-order chi connectivity index (χ1) is 13.0. The maximum atomic E-state index is 13.9. The minimum atomic E-state index is -0.777. The van der Waals surface area contributed by atoms with E-state index in [0.29, 0.717) is 6.42 Å². The van der Waals surface area contributed by atoms with Crippen LogP contribution in [0.3, 0.4) is 0 Å². The number of carboxylic acids is 1. The maximum Gasteiger partial charge on any atom is 0.303 e. The molecule has 0 radical (unpaired) electrons. The van der Waals surface area contributed by atoms with E-state index in [2.05, 4.69) is 9.80 Å². The van der Waals surface area contributed by atoms with E-state index >= 15 is 0 Å². The van der Waals surface area contributed by atoms with Crippen molar-refractivity contribution in [1.29, 1.82) is 0 Å².